The van der Waals surface area contributed by atoms with Gasteiger partial charge in [0.25, 0.3) is 0 Å². The Hall–Kier alpha value is -2.19. The largest absolute Gasteiger partial charge is 0.461 e. The molecule has 0 aliphatic carbocycles. The topological polar surface area (TPSA) is 77.8 Å². The predicted octanol–water partition coefficient (Wildman–Crippen LogP) is 4.19. The van der Waals surface area contributed by atoms with Crippen LogP contribution in [0, 0.1) is 0 Å². The molecule has 4 aromatic rings. The molecular formula is C14H10N4O2S2. The smallest absolute Gasteiger partial charge is 0.240 e. The Kier molecular flexibility index (Phi) is 3.39. The summed E-state index contributed by atoms with van der Waals surface area (Å²) in [5, 5.41) is 6.86. The lowest BCUT2D eigenvalue weighted by molar-refractivity contribution is 0.379. The molecule has 0 N–H and O–H groups in total. The number of fused-ring (bicyclic) bond motifs is 1. The van der Waals surface area contributed by atoms with Gasteiger partial charge in [-0.2, -0.15) is 4.98 Å². The van der Waals surface area contributed by atoms with E-state index in [0.717, 1.165) is 15.2 Å². The highest BCUT2D eigenvalue weighted by Gasteiger charge is 2.19. The van der Waals surface area contributed by atoms with Crippen molar-refractivity contribution in [2.75, 3.05) is 0 Å². The predicted molar refractivity (Wildman–Crippen MR) is 83.7 cm³/mol. The Morgan fingerprint density at radius 1 is 1.27 bits per heavy atom. The number of thioether (sulfide) groups is 1. The lowest BCUT2D eigenvalue weighted by atomic mass is 10.4. The molecule has 0 amide bonds. The standard InChI is InChI=1S/C14H10N4O2S2/c1-8(13-17-12(18-20-13)10-3-2-5-19-10)22-14-11-9(4-6-21-11)15-7-16-14/h2-8H,1H3/t8-/m0/s1. The fraction of sp³-hybridized carbons (Fsp3) is 0.143. The van der Waals surface area contributed by atoms with Gasteiger partial charge in [-0.15, -0.1) is 11.3 Å². The number of furan rings is 1. The molecule has 110 valence electrons. The van der Waals surface area contributed by atoms with E-state index in [0.29, 0.717) is 17.5 Å². The van der Waals surface area contributed by atoms with E-state index in [2.05, 4.69) is 20.1 Å². The molecule has 1 atom stereocenters. The Morgan fingerprint density at radius 2 is 2.23 bits per heavy atom. The first-order valence-electron chi connectivity index (χ1n) is 6.53. The van der Waals surface area contributed by atoms with Gasteiger partial charge < -0.3 is 8.94 Å². The fourth-order valence-corrected chi connectivity index (χ4v) is 3.84. The fourth-order valence-electron chi connectivity index (χ4n) is 1.97. The third kappa shape index (κ3) is 2.40. The van der Waals surface area contributed by atoms with E-state index in [1.54, 1.807) is 47.8 Å². The van der Waals surface area contributed by atoms with Crippen LogP contribution in [0.2, 0.25) is 0 Å². The van der Waals surface area contributed by atoms with E-state index in [1.807, 2.05) is 18.4 Å². The van der Waals surface area contributed by atoms with Crippen molar-refractivity contribution in [3.8, 4) is 11.6 Å². The van der Waals surface area contributed by atoms with E-state index in [9.17, 15) is 0 Å². The first-order chi connectivity index (χ1) is 10.8. The number of nitrogens with zero attached hydrogens (tertiary/aromatic N) is 4. The first kappa shape index (κ1) is 13.5. The highest BCUT2D eigenvalue weighted by molar-refractivity contribution is 7.99. The molecule has 0 saturated heterocycles. The molecule has 8 heteroatoms. The molecule has 4 heterocycles. The molecule has 0 fully saturated rings. The number of rotatable bonds is 4. The van der Waals surface area contributed by atoms with E-state index in [4.69, 9.17) is 8.94 Å². The van der Waals surface area contributed by atoms with Gasteiger partial charge in [0.1, 0.15) is 11.4 Å². The van der Waals surface area contributed by atoms with Crippen LogP contribution in [0.5, 0.6) is 0 Å². The first-order valence-corrected chi connectivity index (χ1v) is 8.29. The van der Waals surface area contributed by atoms with Crippen LogP contribution in [0.25, 0.3) is 21.8 Å². The Labute approximate surface area is 133 Å². The molecule has 0 bridgehead atoms. The summed E-state index contributed by atoms with van der Waals surface area (Å²) >= 11 is 3.20. The highest BCUT2D eigenvalue weighted by atomic mass is 32.2. The monoisotopic (exact) mass is 330 g/mol. The molecule has 22 heavy (non-hydrogen) atoms. The Balaban J connectivity index is 1.60. The quantitative estimate of drug-likeness (QED) is 0.410. The van der Waals surface area contributed by atoms with Crippen molar-refractivity contribution in [2.24, 2.45) is 0 Å². The van der Waals surface area contributed by atoms with Crippen molar-refractivity contribution < 1.29 is 8.94 Å². The summed E-state index contributed by atoms with van der Waals surface area (Å²) < 4.78 is 11.7. The normalized spacial score (nSPS) is 12.8. The Morgan fingerprint density at radius 3 is 3.09 bits per heavy atom. The minimum absolute atomic E-state index is 0.0172. The number of hydrogen-bond acceptors (Lipinski definition) is 8. The molecule has 6 nitrogen and oxygen atoms in total. The van der Waals surface area contributed by atoms with Crippen molar-refractivity contribution in [3.05, 3.63) is 42.1 Å². The maximum Gasteiger partial charge on any atom is 0.240 e. The number of hydrogen-bond donors (Lipinski definition) is 0. The van der Waals surface area contributed by atoms with Crippen LogP contribution in [0.1, 0.15) is 18.1 Å². The second-order valence-corrected chi connectivity index (χ2v) is 6.75. The summed E-state index contributed by atoms with van der Waals surface area (Å²) in [5.41, 5.74) is 0.955. The van der Waals surface area contributed by atoms with E-state index >= 15 is 0 Å². The maximum atomic E-state index is 5.33. The van der Waals surface area contributed by atoms with Crippen molar-refractivity contribution in [1.82, 2.24) is 20.1 Å². The molecule has 0 aliphatic rings. The van der Waals surface area contributed by atoms with Gasteiger partial charge >= 0.3 is 0 Å². The van der Waals surface area contributed by atoms with Gasteiger partial charge in [0, 0.05) is 0 Å². The number of thiophene rings is 1. The van der Waals surface area contributed by atoms with Gasteiger partial charge in [0.15, 0.2) is 5.76 Å². The molecule has 0 spiro atoms. The van der Waals surface area contributed by atoms with Gasteiger partial charge in [-0.1, -0.05) is 16.9 Å². The average Bonchev–Trinajstić information content (AvgIpc) is 3.27. The molecular weight excluding hydrogens is 320 g/mol. The summed E-state index contributed by atoms with van der Waals surface area (Å²) in [6.07, 6.45) is 3.16. The molecule has 0 unspecified atom stereocenters. The van der Waals surface area contributed by atoms with Gasteiger partial charge in [-0.3, -0.25) is 0 Å². The summed E-state index contributed by atoms with van der Waals surface area (Å²) in [6, 6.07) is 5.57. The van der Waals surface area contributed by atoms with Crippen molar-refractivity contribution >= 4 is 33.3 Å². The summed E-state index contributed by atoms with van der Waals surface area (Å²) in [6.45, 7) is 2.01. The molecule has 4 rings (SSSR count). The zero-order valence-corrected chi connectivity index (χ0v) is 13.1. The zero-order chi connectivity index (χ0) is 14.9. The van der Waals surface area contributed by atoms with Crippen LogP contribution in [0.3, 0.4) is 0 Å². The third-order valence-corrected chi connectivity index (χ3v) is 5.16. The second-order valence-electron chi connectivity index (χ2n) is 4.51. The van der Waals surface area contributed by atoms with Crippen molar-refractivity contribution in [3.63, 3.8) is 0 Å². The summed E-state index contributed by atoms with van der Waals surface area (Å²) in [5.74, 6) is 1.59. The molecule has 0 radical (unpaired) electrons. The summed E-state index contributed by atoms with van der Waals surface area (Å²) in [7, 11) is 0. The number of aromatic nitrogens is 4. The minimum Gasteiger partial charge on any atom is -0.461 e. The Bertz CT molecular complexity index is 901. The van der Waals surface area contributed by atoms with Crippen molar-refractivity contribution in [1.29, 1.82) is 0 Å². The van der Waals surface area contributed by atoms with Gasteiger partial charge in [-0.05, 0) is 30.5 Å². The van der Waals surface area contributed by atoms with Gasteiger partial charge in [0.05, 0.1) is 21.7 Å². The molecule has 4 aromatic heterocycles. The molecule has 0 aromatic carbocycles. The van der Waals surface area contributed by atoms with Gasteiger partial charge in [-0.25, -0.2) is 9.97 Å². The molecule has 0 aliphatic heterocycles. The van der Waals surface area contributed by atoms with Crippen LogP contribution in [-0.2, 0) is 0 Å². The van der Waals surface area contributed by atoms with Crippen LogP contribution in [-0.4, -0.2) is 20.1 Å². The third-order valence-electron chi connectivity index (χ3n) is 3.03. The van der Waals surface area contributed by atoms with Crippen LogP contribution in [0.15, 0.2) is 50.1 Å². The van der Waals surface area contributed by atoms with E-state index < -0.39 is 0 Å². The average molecular weight is 330 g/mol. The lowest BCUT2D eigenvalue weighted by Gasteiger charge is -2.05. The van der Waals surface area contributed by atoms with E-state index in [-0.39, 0.29) is 5.25 Å². The SMILES string of the molecule is C[C@H](Sc1ncnc2ccsc12)c1nc(-c2ccco2)no1. The summed E-state index contributed by atoms with van der Waals surface area (Å²) in [4.78, 5) is 13.0. The zero-order valence-electron chi connectivity index (χ0n) is 11.5. The lowest BCUT2D eigenvalue weighted by Crippen LogP contribution is -1.91. The van der Waals surface area contributed by atoms with Gasteiger partial charge in [0.2, 0.25) is 11.7 Å². The van der Waals surface area contributed by atoms with Crippen molar-refractivity contribution in [2.45, 2.75) is 17.2 Å². The molecule has 0 saturated carbocycles. The maximum absolute atomic E-state index is 5.33. The highest BCUT2D eigenvalue weighted by Crippen LogP contribution is 2.38. The van der Waals surface area contributed by atoms with Crippen LogP contribution >= 0.6 is 23.1 Å². The van der Waals surface area contributed by atoms with E-state index in [1.165, 1.54) is 0 Å². The minimum atomic E-state index is -0.0172. The van der Waals surface area contributed by atoms with Crippen LogP contribution in [0.4, 0.5) is 0 Å². The van der Waals surface area contributed by atoms with Crippen LogP contribution < -0.4 is 0 Å². The second kappa shape index (κ2) is 5.54.